The zero-order valence-corrected chi connectivity index (χ0v) is 16.4. The summed E-state index contributed by atoms with van der Waals surface area (Å²) in [5.41, 5.74) is 1.53. The Hall–Kier alpha value is -3.22. The molecule has 0 saturated carbocycles. The summed E-state index contributed by atoms with van der Waals surface area (Å²) in [5, 5.41) is 0. The van der Waals surface area contributed by atoms with Crippen molar-refractivity contribution in [1.82, 2.24) is 9.80 Å². The van der Waals surface area contributed by atoms with E-state index in [1.165, 1.54) is 0 Å². The van der Waals surface area contributed by atoms with Gasteiger partial charge in [0, 0.05) is 31.7 Å². The highest BCUT2D eigenvalue weighted by atomic mass is 16.7. The van der Waals surface area contributed by atoms with Gasteiger partial charge in [-0.1, -0.05) is 12.1 Å². The standard InChI is InChI=1S/C22H24N2O5/c1-27-18-6-3-16(4-7-18)13-21(25)23-9-2-10-24(12-11-23)22(26)17-5-8-19-20(14-17)29-15-28-19/h3-8,14H,2,9-13,15H2,1H3. The summed E-state index contributed by atoms with van der Waals surface area (Å²) in [7, 11) is 1.62. The van der Waals surface area contributed by atoms with Gasteiger partial charge in [-0.15, -0.1) is 0 Å². The van der Waals surface area contributed by atoms with Crippen LogP contribution in [-0.2, 0) is 11.2 Å². The van der Waals surface area contributed by atoms with Crippen molar-refractivity contribution in [2.45, 2.75) is 12.8 Å². The highest BCUT2D eigenvalue weighted by Gasteiger charge is 2.24. The van der Waals surface area contributed by atoms with Crippen LogP contribution in [0.5, 0.6) is 17.2 Å². The summed E-state index contributed by atoms with van der Waals surface area (Å²) < 4.78 is 15.8. The summed E-state index contributed by atoms with van der Waals surface area (Å²) in [6.45, 7) is 2.51. The fraction of sp³-hybridized carbons (Fsp3) is 0.364. The number of ether oxygens (including phenoxy) is 3. The summed E-state index contributed by atoms with van der Waals surface area (Å²) in [5.74, 6) is 2.06. The summed E-state index contributed by atoms with van der Waals surface area (Å²) in [6, 6.07) is 12.8. The molecule has 2 amide bonds. The van der Waals surface area contributed by atoms with Gasteiger partial charge in [0.15, 0.2) is 11.5 Å². The number of nitrogens with zero attached hydrogens (tertiary/aromatic N) is 2. The van der Waals surface area contributed by atoms with Gasteiger partial charge in [-0.25, -0.2) is 0 Å². The van der Waals surface area contributed by atoms with Gasteiger partial charge in [0.1, 0.15) is 5.75 Å². The molecule has 0 N–H and O–H groups in total. The quantitative estimate of drug-likeness (QED) is 0.794. The molecule has 0 spiro atoms. The molecule has 7 heteroatoms. The Bertz CT molecular complexity index is 897. The molecule has 2 aromatic rings. The van der Waals surface area contributed by atoms with Crippen LogP contribution in [-0.4, -0.2) is 61.7 Å². The highest BCUT2D eigenvalue weighted by Crippen LogP contribution is 2.32. The minimum Gasteiger partial charge on any atom is -0.497 e. The zero-order valence-electron chi connectivity index (χ0n) is 16.4. The molecule has 2 aromatic carbocycles. The molecule has 152 valence electrons. The van der Waals surface area contributed by atoms with Crippen molar-refractivity contribution >= 4 is 11.8 Å². The van der Waals surface area contributed by atoms with E-state index in [0.717, 1.165) is 17.7 Å². The lowest BCUT2D eigenvalue weighted by molar-refractivity contribution is -0.130. The Morgan fingerprint density at radius 3 is 2.45 bits per heavy atom. The molecule has 0 bridgehead atoms. The van der Waals surface area contributed by atoms with E-state index in [1.54, 1.807) is 30.2 Å². The second kappa shape index (κ2) is 8.43. The van der Waals surface area contributed by atoms with Crippen molar-refractivity contribution in [3.8, 4) is 17.2 Å². The van der Waals surface area contributed by atoms with Gasteiger partial charge in [0.05, 0.1) is 13.5 Å². The lowest BCUT2D eigenvalue weighted by atomic mass is 10.1. The van der Waals surface area contributed by atoms with Crippen LogP contribution >= 0.6 is 0 Å². The topological polar surface area (TPSA) is 68.3 Å². The molecule has 2 aliphatic rings. The first-order chi connectivity index (χ1) is 14.1. The van der Waals surface area contributed by atoms with Crippen molar-refractivity contribution in [1.29, 1.82) is 0 Å². The van der Waals surface area contributed by atoms with Gasteiger partial charge in [0.25, 0.3) is 5.91 Å². The predicted molar refractivity (Wildman–Crippen MR) is 106 cm³/mol. The zero-order chi connectivity index (χ0) is 20.2. The van der Waals surface area contributed by atoms with E-state index in [-0.39, 0.29) is 18.6 Å². The van der Waals surface area contributed by atoms with E-state index in [0.29, 0.717) is 49.7 Å². The Balaban J connectivity index is 1.35. The smallest absolute Gasteiger partial charge is 0.254 e. The van der Waals surface area contributed by atoms with Crippen molar-refractivity contribution in [3.63, 3.8) is 0 Å². The van der Waals surface area contributed by atoms with Crippen LogP contribution < -0.4 is 14.2 Å². The van der Waals surface area contributed by atoms with E-state index in [1.807, 2.05) is 29.2 Å². The maximum Gasteiger partial charge on any atom is 0.254 e. The minimum atomic E-state index is -0.0484. The summed E-state index contributed by atoms with van der Waals surface area (Å²) >= 11 is 0. The van der Waals surface area contributed by atoms with Crippen LogP contribution in [0.15, 0.2) is 42.5 Å². The molecule has 0 unspecified atom stereocenters. The first-order valence-corrected chi connectivity index (χ1v) is 9.73. The first kappa shape index (κ1) is 19.1. The van der Waals surface area contributed by atoms with E-state index in [9.17, 15) is 9.59 Å². The van der Waals surface area contributed by atoms with Crippen LogP contribution in [0.4, 0.5) is 0 Å². The second-order valence-electron chi connectivity index (χ2n) is 7.12. The molecular formula is C22H24N2O5. The lowest BCUT2D eigenvalue weighted by Gasteiger charge is -2.22. The fourth-order valence-electron chi connectivity index (χ4n) is 3.61. The maximum atomic E-state index is 12.9. The number of carbonyl (C=O) groups excluding carboxylic acids is 2. The van der Waals surface area contributed by atoms with Crippen LogP contribution in [0.25, 0.3) is 0 Å². The van der Waals surface area contributed by atoms with Crippen molar-refractivity contribution in [2.24, 2.45) is 0 Å². The van der Waals surface area contributed by atoms with Gasteiger partial charge in [-0.05, 0) is 42.3 Å². The SMILES string of the molecule is COc1ccc(CC(=O)N2CCCN(C(=O)c3ccc4c(c3)OCO4)CC2)cc1. The Kier molecular flexibility index (Phi) is 5.55. The van der Waals surface area contributed by atoms with Crippen LogP contribution in [0.1, 0.15) is 22.3 Å². The number of hydrogen-bond acceptors (Lipinski definition) is 5. The lowest BCUT2D eigenvalue weighted by Crippen LogP contribution is -2.38. The monoisotopic (exact) mass is 396 g/mol. The van der Waals surface area contributed by atoms with E-state index >= 15 is 0 Å². The number of benzene rings is 2. The summed E-state index contributed by atoms with van der Waals surface area (Å²) in [4.78, 5) is 29.3. The third kappa shape index (κ3) is 4.29. The van der Waals surface area contributed by atoms with E-state index in [2.05, 4.69) is 0 Å². The molecule has 0 atom stereocenters. The van der Waals surface area contributed by atoms with Crippen LogP contribution in [0.3, 0.4) is 0 Å². The summed E-state index contributed by atoms with van der Waals surface area (Å²) in [6.07, 6.45) is 1.10. The van der Waals surface area contributed by atoms with Gasteiger partial charge >= 0.3 is 0 Å². The molecule has 29 heavy (non-hydrogen) atoms. The Morgan fingerprint density at radius 1 is 0.931 bits per heavy atom. The van der Waals surface area contributed by atoms with Gasteiger partial charge in [-0.2, -0.15) is 0 Å². The van der Waals surface area contributed by atoms with Gasteiger partial charge in [0.2, 0.25) is 12.7 Å². The number of rotatable bonds is 4. The van der Waals surface area contributed by atoms with Gasteiger partial charge < -0.3 is 24.0 Å². The van der Waals surface area contributed by atoms with Gasteiger partial charge in [-0.3, -0.25) is 9.59 Å². The Labute approximate surface area is 169 Å². The average molecular weight is 396 g/mol. The third-order valence-corrected chi connectivity index (χ3v) is 5.27. The van der Waals surface area contributed by atoms with Crippen LogP contribution in [0.2, 0.25) is 0 Å². The molecule has 0 radical (unpaired) electrons. The molecular weight excluding hydrogens is 372 g/mol. The molecule has 2 aliphatic heterocycles. The predicted octanol–water partition coefficient (Wildman–Crippen LogP) is 2.34. The number of hydrogen-bond donors (Lipinski definition) is 0. The average Bonchev–Trinajstić information content (AvgIpc) is 3.08. The minimum absolute atomic E-state index is 0.0484. The number of carbonyl (C=O) groups is 2. The highest BCUT2D eigenvalue weighted by molar-refractivity contribution is 5.95. The molecule has 2 heterocycles. The van der Waals surface area contributed by atoms with Crippen molar-refractivity contribution in [3.05, 3.63) is 53.6 Å². The molecule has 0 aromatic heterocycles. The van der Waals surface area contributed by atoms with E-state index in [4.69, 9.17) is 14.2 Å². The fourth-order valence-corrected chi connectivity index (χ4v) is 3.61. The van der Waals surface area contributed by atoms with Crippen molar-refractivity contribution in [2.75, 3.05) is 40.1 Å². The first-order valence-electron chi connectivity index (χ1n) is 9.73. The molecule has 1 fully saturated rings. The number of methoxy groups -OCH3 is 1. The Morgan fingerprint density at radius 2 is 1.66 bits per heavy atom. The molecule has 4 rings (SSSR count). The number of amides is 2. The molecule has 0 aliphatic carbocycles. The molecule has 7 nitrogen and oxygen atoms in total. The normalized spacial score (nSPS) is 15.8. The molecule has 1 saturated heterocycles. The maximum absolute atomic E-state index is 12.9. The number of fused-ring (bicyclic) bond motifs is 1. The third-order valence-electron chi connectivity index (χ3n) is 5.27. The van der Waals surface area contributed by atoms with E-state index < -0.39 is 0 Å². The van der Waals surface area contributed by atoms with Crippen LogP contribution in [0, 0.1) is 0 Å². The second-order valence-corrected chi connectivity index (χ2v) is 7.12. The largest absolute Gasteiger partial charge is 0.497 e. The van der Waals surface area contributed by atoms with Crippen molar-refractivity contribution < 1.29 is 23.8 Å².